The van der Waals surface area contributed by atoms with Crippen LogP contribution in [0.5, 0.6) is 0 Å². The maximum Gasteiger partial charge on any atom is 0.276 e. The fraction of sp³-hybridized carbons (Fsp3) is 0.562. The molecular weight excluding hydrogens is 298 g/mol. The summed E-state index contributed by atoms with van der Waals surface area (Å²) in [6.07, 6.45) is 4.15. The van der Waals surface area contributed by atoms with Gasteiger partial charge in [0.1, 0.15) is 5.76 Å². The number of amides is 1. The van der Waals surface area contributed by atoms with Crippen molar-refractivity contribution < 1.29 is 9.21 Å². The smallest absolute Gasteiger partial charge is 0.276 e. The van der Waals surface area contributed by atoms with Crippen LogP contribution in [-0.2, 0) is 6.42 Å². The standard InChI is InChI=1S/C16H21N3O2S/c1-4-13-14(17-9-21-13)16(20)19-7-5-6-12(8-19)15-18-10(2)11(3)22-15/h9,12H,4-8H2,1-3H3/t12-/m1/s1. The molecular formula is C16H21N3O2S. The molecule has 1 aliphatic heterocycles. The molecule has 2 aromatic rings. The Morgan fingerprint density at radius 1 is 1.50 bits per heavy atom. The summed E-state index contributed by atoms with van der Waals surface area (Å²) in [5.41, 5.74) is 1.57. The maximum absolute atomic E-state index is 12.7. The molecule has 1 fully saturated rings. The number of rotatable bonds is 3. The first-order chi connectivity index (χ1) is 10.6. The predicted molar refractivity (Wildman–Crippen MR) is 85.3 cm³/mol. The average Bonchev–Trinajstić information content (AvgIpc) is 3.14. The molecule has 1 amide bonds. The van der Waals surface area contributed by atoms with Gasteiger partial charge in [-0.3, -0.25) is 4.79 Å². The molecule has 6 heteroatoms. The molecule has 5 nitrogen and oxygen atoms in total. The van der Waals surface area contributed by atoms with Crippen LogP contribution in [0.15, 0.2) is 10.8 Å². The SMILES string of the molecule is CCc1ocnc1C(=O)N1CCC[C@@H](c2nc(C)c(C)s2)C1. The van der Waals surface area contributed by atoms with Gasteiger partial charge in [0, 0.05) is 30.3 Å². The van der Waals surface area contributed by atoms with E-state index < -0.39 is 0 Å². The number of hydrogen-bond acceptors (Lipinski definition) is 5. The van der Waals surface area contributed by atoms with Crippen molar-refractivity contribution in [2.45, 2.75) is 46.0 Å². The van der Waals surface area contributed by atoms with Crippen LogP contribution >= 0.6 is 11.3 Å². The molecule has 0 radical (unpaired) electrons. The Morgan fingerprint density at radius 2 is 2.32 bits per heavy atom. The Bertz CT molecular complexity index is 657. The second-order valence-corrected chi connectivity index (χ2v) is 7.00. The van der Waals surface area contributed by atoms with Crippen molar-refractivity contribution in [1.82, 2.24) is 14.9 Å². The average molecular weight is 319 g/mol. The van der Waals surface area contributed by atoms with E-state index in [1.165, 1.54) is 11.3 Å². The third-order valence-electron chi connectivity index (χ3n) is 4.27. The second kappa shape index (κ2) is 6.20. The Kier molecular flexibility index (Phi) is 4.29. The molecule has 0 spiro atoms. The van der Waals surface area contributed by atoms with E-state index in [0.717, 1.165) is 36.6 Å². The number of carbonyl (C=O) groups excluding carboxylic acids is 1. The van der Waals surface area contributed by atoms with Crippen LogP contribution in [0.4, 0.5) is 0 Å². The van der Waals surface area contributed by atoms with Gasteiger partial charge < -0.3 is 9.32 Å². The van der Waals surface area contributed by atoms with Crippen LogP contribution in [0, 0.1) is 13.8 Å². The Morgan fingerprint density at radius 3 is 3.00 bits per heavy atom. The summed E-state index contributed by atoms with van der Waals surface area (Å²) in [6, 6.07) is 0. The van der Waals surface area contributed by atoms with Crippen LogP contribution in [-0.4, -0.2) is 33.9 Å². The van der Waals surface area contributed by atoms with E-state index >= 15 is 0 Å². The van der Waals surface area contributed by atoms with E-state index in [9.17, 15) is 4.79 Å². The summed E-state index contributed by atoms with van der Waals surface area (Å²) >= 11 is 1.76. The molecule has 2 aromatic heterocycles. The van der Waals surface area contributed by atoms with Gasteiger partial charge in [-0.05, 0) is 26.7 Å². The van der Waals surface area contributed by atoms with Crippen molar-refractivity contribution in [3.63, 3.8) is 0 Å². The fourth-order valence-corrected chi connectivity index (χ4v) is 3.93. The predicted octanol–water partition coefficient (Wildman–Crippen LogP) is 3.33. The zero-order valence-electron chi connectivity index (χ0n) is 13.3. The van der Waals surface area contributed by atoms with Gasteiger partial charge in [-0.15, -0.1) is 11.3 Å². The van der Waals surface area contributed by atoms with E-state index in [1.54, 1.807) is 11.3 Å². The lowest BCUT2D eigenvalue weighted by molar-refractivity contribution is 0.0699. The Hall–Kier alpha value is -1.69. The molecule has 0 bridgehead atoms. The van der Waals surface area contributed by atoms with Gasteiger partial charge >= 0.3 is 0 Å². The van der Waals surface area contributed by atoms with Crippen molar-refractivity contribution >= 4 is 17.2 Å². The molecule has 1 aliphatic rings. The van der Waals surface area contributed by atoms with E-state index in [4.69, 9.17) is 4.42 Å². The maximum atomic E-state index is 12.7. The van der Waals surface area contributed by atoms with E-state index in [0.29, 0.717) is 23.8 Å². The number of carbonyl (C=O) groups is 1. The first-order valence-corrected chi connectivity index (χ1v) is 8.57. The minimum Gasteiger partial charge on any atom is -0.448 e. The molecule has 3 rings (SSSR count). The number of aryl methyl sites for hydroxylation is 3. The van der Waals surface area contributed by atoms with Gasteiger partial charge in [0.25, 0.3) is 5.91 Å². The highest BCUT2D eigenvalue weighted by atomic mass is 32.1. The molecule has 118 valence electrons. The number of thiazole rings is 1. The molecule has 1 atom stereocenters. The lowest BCUT2D eigenvalue weighted by atomic mass is 9.98. The Balaban J connectivity index is 1.77. The third-order valence-corrected chi connectivity index (χ3v) is 5.50. The van der Waals surface area contributed by atoms with Gasteiger partial charge in [0.15, 0.2) is 12.1 Å². The highest BCUT2D eigenvalue weighted by Crippen LogP contribution is 2.31. The topological polar surface area (TPSA) is 59.2 Å². The van der Waals surface area contributed by atoms with E-state index in [1.807, 2.05) is 18.7 Å². The lowest BCUT2D eigenvalue weighted by Crippen LogP contribution is -2.39. The van der Waals surface area contributed by atoms with Gasteiger partial charge in [0.2, 0.25) is 0 Å². The number of likely N-dealkylation sites (tertiary alicyclic amines) is 1. The number of oxazole rings is 1. The second-order valence-electron chi connectivity index (χ2n) is 5.76. The van der Waals surface area contributed by atoms with Gasteiger partial charge in [-0.25, -0.2) is 9.97 Å². The van der Waals surface area contributed by atoms with E-state index in [2.05, 4.69) is 16.9 Å². The zero-order chi connectivity index (χ0) is 15.7. The minimum atomic E-state index is -0.0136. The molecule has 3 heterocycles. The van der Waals surface area contributed by atoms with Crippen LogP contribution in [0.1, 0.15) is 57.5 Å². The first kappa shape index (κ1) is 15.2. The fourth-order valence-electron chi connectivity index (χ4n) is 2.88. The normalized spacial score (nSPS) is 18.7. The van der Waals surface area contributed by atoms with Crippen molar-refractivity contribution in [1.29, 1.82) is 0 Å². The summed E-state index contributed by atoms with van der Waals surface area (Å²) in [7, 11) is 0. The minimum absolute atomic E-state index is 0.0136. The number of nitrogens with zero attached hydrogens (tertiary/aromatic N) is 3. The molecule has 1 saturated heterocycles. The summed E-state index contributed by atoms with van der Waals surface area (Å²) in [5.74, 6) is 1.00. The molecule has 0 unspecified atom stereocenters. The van der Waals surface area contributed by atoms with Crippen molar-refractivity contribution in [2.75, 3.05) is 13.1 Å². The van der Waals surface area contributed by atoms with E-state index in [-0.39, 0.29) is 5.91 Å². The monoisotopic (exact) mass is 319 g/mol. The van der Waals surface area contributed by atoms with Crippen LogP contribution in [0.3, 0.4) is 0 Å². The summed E-state index contributed by atoms with van der Waals surface area (Å²) in [6.45, 7) is 7.63. The molecule has 0 aliphatic carbocycles. The molecule has 0 aromatic carbocycles. The molecule has 0 N–H and O–H groups in total. The molecule has 0 saturated carbocycles. The first-order valence-electron chi connectivity index (χ1n) is 7.75. The molecule has 22 heavy (non-hydrogen) atoms. The highest BCUT2D eigenvalue weighted by Gasteiger charge is 2.29. The van der Waals surface area contributed by atoms with Crippen LogP contribution in [0.25, 0.3) is 0 Å². The van der Waals surface area contributed by atoms with Gasteiger partial charge in [-0.1, -0.05) is 6.92 Å². The summed E-state index contributed by atoms with van der Waals surface area (Å²) in [4.78, 5) is 24.6. The lowest BCUT2D eigenvalue weighted by Gasteiger charge is -2.31. The number of piperidine rings is 1. The van der Waals surface area contributed by atoms with Crippen LogP contribution in [0.2, 0.25) is 0 Å². The largest absolute Gasteiger partial charge is 0.448 e. The highest BCUT2D eigenvalue weighted by molar-refractivity contribution is 7.11. The van der Waals surface area contributed by atoms with Crippen molar-refractivity contribution in [3.05, 3.63) is 33.4 Å². The zero-order valence-corrected chi connectivity index (χ0v) is 14.1. The van der Waals surface area contributed by atoms with Gasteiger partial charge in [0.05, 0.1) is 10.7 Å². The van der Waals surface area contributed by atoms with Gasteiger partial charge in [-0.2, -0.15) is 0 Å². The van der Waals surface area contributed by atoms with Crippen molar-refractivity contribution in [2.24, 2.45) is 0 Å². The van der Waals surface area contributed by atoms with Crippen LogP contribution < -0.4 is 0 Å². The number of aromatic nitrogens is 2. The quantitative estimate of drug-likeness (QED) is 0.870. The third kappa shape index (κ3) is 2.79. The number of hydrogen-bond donors (Lipinski definition) is 0. The van der Waals surface area contributed by atoms with Crippen molar-refractivity contribution in [3.8, 4) is 0 Å². The summed E-state index contributed by atoms with van der Waals surface area (Å²) in [5, 5.41) is 1.16. The Labute approximate surface area is 134 Å². The summed E-state index contributed by atoms with van der Waals surface area (Å²) < 4.78 is 5.29.